The van der Waals surface area contributed by atoms with Crippen LogP contribution < -0.4 is 0 Å². The van der Waals surface area contributed by atoms with Crippen molar-refractivity contribution in [1.82, 2.24) is 0 Å². The molecule has 0 amide bonds. The summed E-state index contributed by atoms with van der Waals surface area (Å²) >= 11 is 0. The van der Waals surface area contributed by atoms with Crippen molar-refractivity contribution in [1.29, 1.82) is 0 Å². The van der Waals surface area contributed by atoms with Crippen LogP contribution in [0, 0.1) is 0 Å². The molecule has 0 aromatic carbocycles. The molecule has 0 rings (SSSR count). The fourth-order valence-corrected chi connectivity index (χ4v) is 8.07. The van der Waals surface area contributed by atoms with E-state index in [4.69, 9.17) is 23.3 Å². The van der Waals surface area contributed by atoms with Crippen LogP contribution in [0.15, 0.2) is 60.8 Å². The molecule has 11 nitrogen and oxygen atoms in total. The van der Waals surface area contributed by atoms with Crippen molar-refractivity contribution >= 4 is 25.7 Å². The molecule has 68 heavy (non-hydrogen) atoms. The van der Waals surface area contributed by atoms with Crippen LogP contribution in [0.25, 0.3) is 0 Å². The lowest BCUT2D eigenvalue weighted by Crippen LogP contribution is -2.30. The van der Waals surface area contributed by atoms with Gasteiger partial charge in [-0.15, -0.1) is 0 Å². The van der Waals surface area contributed by atoms with E-state index in [1.54, 1.807) is 0 Å². The highest BCUT2D eigenvalue weighted by atomic mass is 31.2. The number of esters is 3. The topological polar surface area (TPSA) is 155 Å². The highest BCUT2D eigenvalue weighted by Gasteiger charge is 2.28. The van der Waals surface area contributed by atoms with E-state index in [-0.39, 0.29) is 25.9 Å². The number of rotatable bonds is 50. The Morgan fingerprint density at radius 2 is 0.765 bits per heavy atom. The largest absolute Gasteiger partial charge is 0.472 e. The Morgan fingerprint density at radius 3 is 1.21 bits per heavy atom. The third-order valence-electron chi connectivity index (χ3n) is 11.4. The van der Waals surface area contributed by atoms with Crippen molar-refractivity contribution in [2.24, 2.45) is 0 Å². The van der Waals surface area contributed by atoms with Gasteiger partial charge in [0, 0.05) is 19.3 Å². The molecule has 0 heterocycles. The summed E-state index contributed by atoms with van der Waals surface area (Å²) in [5.41, 5.74) is 0. The van der Waals surface area contributed by atoms with E-state index in [0.717, 1.165) is 109 Å². The van der Waals surface area contributed by atoms with Gasteiger partial charge in [0.25, 0.3) is 0 Å². The third kappa shape index (κ3) is 48.2. The molecule has 0 spiro atoms. The Balaban J connectivity index is 4.68. The molecular formula is C56H99O11P. The minimum Gasteiger partial charge on any atom is -0.462 e. The Morgan fingerprint density at radius 1 is 0.426 bits per heavy atom. The van der Waals surface area contributed by atoms with Gasteiger partial charge in [-0.25, -0.2) is 4.57 Å². The van der Waals surface area contributed by atoms with Gasteiger partial charge in [0.2, 0.25) is 0 Å². The molecule has 2 N–H and O–H groups in total. The zero-order valence-corrected chi connectivity index (χ0v) is 44.2. The minimum atomic E-state index is -4.75. The summed E-state index contributed by atoms with van der Waals surface area (Å²) in [6, 6.07) is 0. The summed E-state index contributed by atoms with van der Waals surface area (Å²) in [7, 11) is -4.75. The molecule has 0 saturated carbocycles. The van der Waals surface area contributed by atoms with E-state index >= 15 is 0 Å². The zero-order valence-electron chi connectivity index (χ0n) is 43.3. The average Bonchev–Trinajstić information content (AvgIpc) is 3.32. The number of ether oxygens (including phenoxy) is 3. The second-order valence-electron chi connectivity index (χ2n) is 18.0. The number of aliphatic hydroxyl groups is 1. The quantitative estimate of drug-likeness (QED) is 0.0197. The fraction of sp³-hybridized carbons (Fsp3) is 0.768. The lowest BCUT2D eigenvalue weighted by atomic mass is 10.1. The van der Waals surface area contributed by atoms with Crippen molar-refractivity contribution in [2.45, 2.75) is 251 Å². The first-order valence-electron chi connectivity index (χ1n) is 27.2. The van der Waals surface area contributed by atoms with Crippen LogP contribution in [0.5, 0.6) is 0 Å². The molecule has 0 bridgehead atoms. The number of carbonyl (C=O) groups excluding carboxylic acids is 3. The molecule has 0 radical (unpaired) electrons. The van der Waals surface area contributed by atoms with Crippen molar-refractivity contribution in [3.63, 3.8) is 0 Å². The summed E-state index contributed by atoms with van der Waals surface area (Å²) in [5, 5.41) is 9.78. The maximum atomic E-state index is 12.9. The maximum Gasteiger partial charge on any atom is 0.472 e. The summed E-state index contributed by atoms with van der Waals surface area (Å²) in [6.45, 7) is 4.46. The van der Waals surface area contributed by atoms with Crippen LogP contribution in [0.2, 0.25) is 0 Å². The van der Waals surface area contributed by atoms with Crippen molar-refractivity contribution in [3.05, 3.63) is 60.8 Å². The predicted octanol–water partition coefficient (Wildman–Crippen LogP) is 15.6. The molecule has 0 aromatic heterocycles. The molecule has 0 saturated heterocycles. The van der Waals surface area contributed by atoms with Crippen LogP contribution in [0.4, 0.5) is 0 Å². The van der Waals surface area contributed by atoms with E-state index in [0.29, 0.717) is 19.3 Å². The van der Waals surface area contributed by atoms with Gasteiger partial charge in [0.05, 0.1) is 19.8 Å². The highest BCUT2D eigenvalue weighted by molar-refractivity contribution is 7.47. The molecule has 0 aliphatic carbocycles. The smallest absolute Gasteiger partial charge is 0.462 e. The summed E-state index contributed by atoms with van der Waals surface area (Å²) in [4.78, 5) is 48.3. The second kappa shape index (κ2) is 50.6. The molecule has 0 fully saturated rings. The first kappa shape index (κ1) is 65.2. The molecule has 12 heteroatoms. The number of phosphoric acid groups is 1. The van der Waals surface area contributed by atoms with E-state index in [1.165, 1.54) is 70.6 Å². The van der Waals surface area contributed by atoms with Gasteiger partial charge in [-0.3, -0.25) is 23.4 Å². The number of unbranched alkanes of at least 4 members (excludes halogenated alkanes) is 23. The maximum absolute atomic E-state index is 12.9. The summed E-state index contributed by atoms with van der Waals surface area (Å²) in [5.74, 6) is -1.49. The van der Waals surface area contributed by atoms with Crippen LogP contribution in [0.1, 0.15) is 239 Å². The van der Waals surface area contributed by atoms with Gasteiger partial charge in [-0.2, -0.15) is 0 Å². The van der Waals surface area contributed by atoms with Crippen LogP contribution >= 0.6 is 7.82 Å². The standard InChI is InChI=1S/C56H99O11P/c1-4-7-10-13-16-19-21-23-25-26-28-30-32-35-38-41-44-47-56(60)67-53(49-63-54(58)45-42-39-36-33-18-15-12-9-6-3)51-65-68(61,62)64-50-52(48-57)66-55(59)46-43-40-37-34-31-29-27-24-22-20-17-14-11-8-5-2/h8,11,16-17,19-20,23-25,27,52-53,57H,4-7,9-10,12-15,18,21-22,26,28-51H2,1-3H3,(H,61,62)/b11-8-,19-16-,20-17-,25-23-,27-24-. The molecule has 0 aliphatic rings. The first-order valence-corrected chi connectivity index (χ1v) is 28.7. The van der Waals surface area contributed by atoms with E-state index in [2.05, 4.69) is 81.5 Å². The number of phosphoric ester groups is 1. The van der Waals surface area contributed by atoms with E-state index < -0.39 is 57.8 Å². The Kier molecular flexibility index (Phi) is 48.5. The molecule has 0 aromatic rings. The normalized spacial score (nSPS) is 13.9. The Bertz CT molecular complexity index is 1370. The molecule has 3 unspecified atom stereocenters. The Hall–Kier alpha value is -2.82. The van der Waals surface area contributed by atoms with E-state index in [1.807, 2.05) is 0 Å². The van der Waals surface area contributed by atoms with Crippen LogP contribution in [-0.2, 0) is 42.2 Å². The molecular weight excluding hydrogens is 880 g/mol. The lowest BCUT2D eigenvalue weighted by molar-refractivity contribution is -0.161. The SMILES string of the molecule is CC/C=C\C/C=C\C/C=C\CCCCCCCC(=O)OC(CO)COP(=O)(O)OCC(COC(=O)CCCCCCCCCCC)OC(=O)CCCCCCCCC/C=C\C/C=C\CCCCC. The van der Waals surface area contributed by atoms with Gasteiger partial charge in [0.15, 0.2) is 6.10 Å². The number of allylic oxidation sites excluding steroid dienone is 10. The fourth-order valence-electron chi connectivity index (χ4n) is 7.28. The van der Waals surface area contributed by atoms with Gasteiger partial charge < -0.3 is 24.2 Å². The van der Waals surface area contributed by atoms with Gasteiger partial charge in [0.1, 0.15) is 12.7 Å². The van der Waals surface area contributed by atoms with E-state index in [9.17, 15) is 28.9 Å². The highest BCUT2D eigenvalue weighted by Crippen LogP contribution is 2.43. The van der Waals surface area contributed by atoms with Crippen LogP contribution in [-0.4, -0.2) is 66.5 Å². The Labute approximate surface area is 415 Å². The predicted molar refractivity (Wildman–Crippen MR) is 279 cm³/mol. The van der Waals surface area contributed by atoms with Gasteiger partial charge in [-0.05, 0) is 83.5 Å². The molecule has 0 aliphatic heterocycles. The van der Waals surface area contributed by atoms with Crippen molar-refractivity contribution in [2.75, 3.05) is 26.4 Å². The second-order valence-corrected chi connectivity index (χ2v) is 19.5. The van der Waals surface area contributed by atoms with Crippen LogP contribution in [0.3, 0.4) is 0 Å². The summed E-state index contributed by atoms with van der Waals surface area (Å²) in [6.07, 6.45) is 53.3. The number of hydrogen-bond donors (Lipinski definition) is 2. The number of carbonyl (C=O) groups is 3. The molecule has 394 valence electrons. The number of aliphatic hydroxyl groups excluding tert-OH is 1. The van der Waals surface area contributed by atoms with Gasteiger partial charge in [-0.1, -0.05) is 197 Å². The summed E-state index contributed by atoms with van der Waals surface area (Å²) < 4.78 is 39.4. The monoisotopic (exact) mass is 979 g/mol. The van der Waals surface area contributed by atoms with Crippen molar-refractivity contribution in [3.8, 4) is 0 Å². The first-order chi connectivity index (χ1) is 33.2. The number of hydrogen-bond acceptors (Lipinski definition) is 10. The average molecular weight is 979 g/mol. The zero-order chi connectivity index (χ0) is 49.9. The minimum absolute atomic E-state index is 0.157. The third-order valence-corrected chi connectivity index (χ3v) is 12.4. The lowest BCUT2D eigenvalue weighted by Gasteiger charge is -2.21. The van der Waals surface area contributed by atoms with Crippen molar-refractivity contribution < 1.29 is 52.2 Å². The molecule has 3 atom stereocenters. The van der Waals surface area contributed by atoms with Gasteiger partial charge >= 0.3 is 25.7 Å².